The highest BCUT2D eigenvalue weighted by Gasteiger charge is 2.45. The van der Waals surface area contributed by atoms with Gasteiger partial charge in [0.25, 0.3) is 0 Å². The van der Waals surface area contributed by atoms with Gasteiger partial charge >= 0.3 is 5.97 Å². The van der Waals surface area contributed by atoms with Crippen LogP contribution in [0.1, 0.15) is 60.3 Å². The molecule has 0 aromatic heterocycles. The van der Waals surface area contributed by atoms with E-state index in [1.807, 2.05) is 7.11 Å². The normalized spacial score (nSPS) is 29.0. The molecule has 0 aromatic carbocycles. The van der Waals surface area contributed by atoms with Gasteiger partial charge in [0.2, 0.25) is 0 Å². The molecule has 4 nitrogen and oxygen atoms in total. The molecule has 0 radical (unpaired) electrons. The van der Waals surface area contributed by atoms with E-state index in [9.17, 15) is 4.79 Å². The van der Waals surface area contributed by atoms with Gasteiger partial charge in [0.15, 0.2) is 0 Å². The average molecular weight is 323 g/mol. The lowest BCUT2D eigenvalue weighted by molar-refractivity contribution is -0.151. The third kappa shape index (κ3) is 3.28. The quantitative estimate of drug-likeness (QED) is 0.698. The highest BCUT2D eigenvalue weighted by Crippen LogP contribution is 2.40. The predicted octanol–water partition coefficient (Wildman–Crippen LogP) is 3.76. The molecule has 2 rings (SSSR count). The van der Waals surface area contributed by atoms with Crippen molar-refractivity contribution < 1.29 is 14.3 Å². The Hall–Kier alpha value is -1.03. The van der Waals surface area contributed by atoms with E-state index in [4.69, 9.17) is 9.47 Å². The van der Waals surface area contributed by atoms with E-state index in [1.165, 1.54) is 0 Å². The van der Waals surface area contributed by atoms with Crippen molar-refractivity contribution >= 4 is 5.97 Å². The number of likely N-dealkylation sites (tertiary alicyclic amines) is 1. The zero-order valence-electron chi connectivity index (χ0n) is 15.6. The van der Waals surface area contributed by atoms with Gasteiger partial charge in [-0.3, -0.25) is 0 Å². The lowest BCUT2D eigenvalue weighted by atomic mass is 9.84. The van der Waals surface area contributed by atoms with E-state index < -0.39 is 0 Å². The van der Waals surface area contributed by atoms with Gasteiger partial charge in [0, 0.05) is 31.3 Å². The number of cyclic esters (lactones) is 1. The monoisotopic (exact) mass is 323 g/mol. The first kappa shape index (κ1) is 18.3. The topological polar surface area (TPSA) is 38.8 Å². The van der Waals surface area contributed by atoms with Crippen LogP contribution in [0, 0.1) is 11.8 Å². The smallest absolute Gasteiger partial charge is 0.332 e. The number of esters is 1. The van der Waals surface area contributed by atoms with Crippen molar-refractivity contribution in [3.8, 4) is 0 Å². The molecule has 0 aromatic rings. The molecule has 2 aliphatic rings. The summed E-state index contributed by atoms with van der Waals surface area (Å²) in [6, 6.07) is 0.343. The van der Waals surface area contributed by atoms with E-state index in [0.717, 1.165) is 37.9 Å². The molecule has 0 N–H and O–H groups in total. The Bertz CT molecular complexity index is 445. The van der Waals surface area contributed by atoms with Crippen LogP contribution in [0.25, 0.3) is 0 Å². The molecule has 0 spiro atoms. The first-order chi connectivity index (χ1) is 10.9. The van der Waals surface area contributed by atoms with Gasteiger partial charge in [-0.25, -0.2) is 4.79 Å². The van der Waals surface area contributed by atoms with E-state index >= 15 is 0 Å². The van der Waals surface area contributed by atoms with E-state index in [2.05, 4.69) is 39.5 Å². The fourth-order valence-electron chi connectivity index (χ4n) is 4.52. The SMILES string of the molecule is CCC(CC)(OC)[C@@H]1CCCN1C1=CC(=O)O[C@H](C(C)C)[C@@H]1C. The molecule has 2 aliphatic heterocycles. The zero-order chi connectivity index (χ0) is 17.2. The first-order valence-corrected chi connectivity index (χ1v) is 9.14. The Morgan fingerprint density at radius 1 is 1.39 bits per heavy atom. The molecule has 3 atom stereocenters. The van der Waals surface area contributed by atoms with Crippen LogP contribution >= 0.6 is 0 Å². The number of hydrogen-bond donors (Lipinski definition) is 0. The molecular weight excluding hydrogens is 290 g/mol. The second-order valence-corrected chi connectivity index (χ2v) is 7.33. The summed E-state index contributed by atoms with van der Waals surface area (Å²) in [5, 5.41) is 0. The summed E-state index contributed by atoms with van der Waals surface area (Å²) in [7, 11) is 1.83. The number of methoxy groups -OCH3 is 1. The van der Waals surface area contributed by atoms with Gasteiger partial charge in [-0.1, -0.05) is 34.6 Å². The fourth-order valence-corrected chi connectivity index (χ4v) is 4.52. The highest BCUT2D eigenvalue weighted by molar-refractivity contribution is 5.84. The van der Waals surface area contributed by atoms with Crippen molar-refractivity contribution in [3.63, 3.8) is 0 Å². The van der Waals surface area contributed by atoms with Gasteiger partial charge in [0.1, 0.15) is 6.10 Å². The van der Waals surface area contributed by atoms with Gasteiger partial charge in [-0.05, 0) is 31.6 Å². The molecule has 4 heteroatoms. The summed E-state index contributed by atoms with van der Waals surface area (Å²) in [5.74, 6) is 0.360. The van der Waals surface area contributed by atoms with Crippen molar-refractivity contribution in [2.24, 2.45) is 11.8 Å². The zero-order valence-corrected chi connectivity index (χ0v) is 15.6. The van der Waals surface area contributed by atoms with E-state index in [-0.39, 0.29) is 23.6 Å². The largest absolute Gasteiger partial charge is 0.458 e. The maximum atomic E-state index is 12.1. The van der Waals surface area contributed by atoms with Gasteiger partial charge < -0.3 is 14.4 Å². The lowest BCUT2D eigenvalue weighted by Crippen LogP contribution is -2.52. The number of carbonyl (C=O) groups excluding carboxylic acids is 1. The Morgan fingerprint density at radius 3 is 2.57 bits per heavy atom. The Morgan fingerprint density at radius 2 is 2.04 bits per heavy atom. The summed E-state index contributed by atoms with van der Waals surface area (Å²) < 4.78 is 11.6. The summed E-state index contributed by atoms with van der Waals surface area (Å²) in [6.07, 6.45) is 5.93. The summed E-state index contributed by atoms with van der Waals surface area (Å²) in [6.45, 7) is 11.8. The van der Waals surface area contributed by atoms with Crippen LogP contribution < -0.4 is 0 Å². The van der Waals surface area contributed by atoms with Crippen LogP contribution in [0.15, 0.2) is 11.8 Å². The van der Waals surface area contributed by atoms with Gasteiger partial charge in [-0.15, -0.1) is 0 Å². The molecule has 1 saturated heterocycles. The van der Waals surface area contributed by atoms with Crippen molar-refractivity contribution in [3.05, 3.63) is 11.8 Å². The minimum atomic E-state index is -0.196. The number of nitrogens with zero attached hydrogens (tertiary/aromatic N) is 1. The van der Waals surface area contributed by atoms with Crippen LogP contribution in [0.3, 0.4) is 0 Å². The number of hydrogen-bond acceptors (Lipinski definition) is 4. The molecule has 0 amide bonds. The van der Waals surface area contributed by atoms with Crippen molar-refractivity contribution in [2.45, 2.75) is 78.0 Å². The van der Waals surface area contributed by atoms with Crippen LogP contribution in [0.4, 0.5) is 0 Å². The van der Waals surface area contributed by atoms with Crippen LogP contribution in [-0.2, 0) is 14.3 Å². The van der Waals surface area contributed by atoms with Crippen molar-refractivity contribution in [1.82, 2.24) is 4.90 Å². The summed E-state index contributed by atoms with van der Waals surface area (Å²) in [4.78, 5) is 14.5. The van der Waals surface area contributed by atoms with Crippen molar-refractivity contribution in [2.75, 3.05) is 13.7 Å². The van der Waals surface area contributed by atoms with E-state index in [1.54, 1.807) is 6.08 Å². The number of ether oxygens (including phenoxy) is 2. The summed E-state index contributed by atoms with van der Waals surface area (Å²) in [5.41, 5.74) is 1.01. The second-order valence-electron chi connectivity index (χ2n) is 7.33. The molecule has 23 heavy (non-hydrogen) atoms. The molecular formula is C19H33NO3. The lowest BCUT2D eigenvalue weighted by Gasteiger charge is -2.45. The third-order valence-corrected chi connectivity index (χ3v) is 5.93. The fraction of sp³-hybridized carbons (Fsp3) is 0.842. The first-order valence-electron chi connectivity index (χ1n) is 9.14. The molecule has 132 valence electrons. The Kier molecular flexibility index (Phi) is 5.77. The molecule has 2 heterocycles. The third-order valence-electron chi connectivity index (χ3n) is 5.93. The van der Waals surface area contributed by atoms with Gasteiger partial charge in [-0.2, -0.15) is 0 Å². The summed E-state index contributed by atoms with van der Waals surface area (Å²) >= 11 is 0. The van der Waals surface area contributed by atoms with E-state index in [0.29, 0.717) is 12.0 Å². The minimum absolute atomic E-state index is 0.0380. The maximum Gasteiger partial charge on any atom is 0.332 e. The predicted molar refractivity (Wildman–Crippen MR) is 92.0 cm³/mol. The number of carbonyl (C=O) groups is 1. The van der Waals surface area contributed by atoms with Crippen molar-refractivity contribution in [1.29, 1.82) is 0 Å². The highest BCUT2D eigenvalue weighted by atomic mass is 16.5. The minimum Gasteiger partial charge on any atom is -0.458 e. The molecule has 1 fully saturated rings. The van der Waals surface area contributed by atoms with Crippen LogP contribution in [-0.4, -0.2) is 42.3 Å². The van der Waals surface area contributed by atoms with Crippen LogP contribution in [0.5, 0.6) is 0 Å². The molecule has 0 unspecified atom stereocenters. The second kappa shape index (κ2) is 7.25. The average Bonchev–Trinajstić information content (AvgIpc) is 3.01. The molecule has 0 bridgehead atoms. The van der Waals surface area contributed by atoms with Gasteiger partial charge in [0.05, 0.1) is 11.6 Å². The molecule has 0 saturated carbocycles. The Balaban J connectivity index is 2.33. The maximum absolute atomic E-state index is 12.1. The molecule has 0 aliphatic carbocycles. The Labute approximate surface area is 141 Å². The van der Waals surface area contributed by atoms with Crippen LogP contribution in [0.2, 0.25) is 0 Å². The number of rotatable bonds is 6. The standard InChI is InChI=1S/C19H33NO3/c1-7-19(8-2,22-6)16-10-9-11-20(16)15-12-17(21)23-18(13(3)4)14(15)5/h12-14,16,18H,7-11H2,1-6H3/t14-,16+,18-/m1/s1.